The summed E-state index contributed by atoms with van der Waals surface area (Å²) in [6.45, 7) is 8.39. The standard InChI is InChI=1S/C14H28F3N3/c1-6-19-12(14(15,16)17)11(4)8-7-9-20-13(18-5)10(2)3/h10-12,19H,6-9H2,1-5H3,(H,18,20). The van der Waals surface area contributed by atoms with Gasteiger partial charge in [-0.25, -0.2) is 0 Å². The molecule has 0 aromatic carbocycles. The van der Waals surface area contributed by atoms with Crippen molar-refractivity contribution in [1.29, 1.82) is 0 Å². The number of rotatable bonds is 8. The summed E-state index contributed by atoms with van der Waals surface area (Å²) in [7, 11) is 1.72. The Balaban J connectivity index is 4.17. The van der Waals surface area contributed by atoms with Crippen LogP contribution in [0.4, 0.5) is 13.2 Å². The van der Waals surface area contributed by atoms with Gasteiger partial charge < -0.3 is 10.6 Å². The van der Waals surface area contributed by atoms with Gasteiger partial charge in [0.15, 0.2) is 0 Å². The van der Waals surface area contributed by atoms with Crippen LogP contribution in [0.25, 0.3) is 0 Å². The highest BCUT2D eigenvalue weighted by Crippen LogP contribution is 2.27. The second-order valence-electron chi connectivity index (χ2n) is 5.39. The lowest BCUT2D eigenvalue weighted by molar-refractivity contribution is -0.166. The molecule has 0 aliphatic rings. The average molecular weight is 295 g/mol. The van der Waals surface area contributed by atoms with Gasteiger partial charge in [-0.05, 0) is 25.3 Å². The first-order chi connectivity index (χ1) is 9.23. The largest absolute Gasteiger partial charge is 0.404 e. The molecule has 0 aliphatic carbocycles. The van der Waals surface area contributed by atoms with Crippen LogP contribution in [0.15, 0.2) is 4.99 Å². The number of hydrogen-bond donors (Lipinski definition) is 2. The van der Waals surface area contributed by atoms with Gasteiger partial charge in [-0.1, -0.05) is 27.7 Å². The summed E-state index contributed by atoms with van der Waals surface area (Å²) in [4.78, 5) is 4.12. The molecule has 0 aromatic rings. The summed E-state index contributed by atoms with van der Waals surface area (Å²) in [6, 6.07) is -1.42. The average Bonchev–Trinajstić information content (AvgIpc) is 2.33. The van der Waals surface area contributed by atoms with Gasteiger partial charge in [-0.15, -0.1) is 0 Å². The molecule has 0 aliphatic heterocycles. The molecular formula is C14H28F3N3. The molecule has 0 spiro atoms. The fourth-order valence-corrected chi connectivity index (χ4v) is 2.21. The third-order valence-corrected chi connectivity index (χ3v) is 3.28. The van der Waals surface area contributed by atoms with E-state index in [-0.39, 0.29) is 0 Å². The number of hydrogen-bond acceptors (Lipinski definition) is 2. The van der Waals surface area contributed by atoms with E-state index in [1.807, 2.05) is 13.8 Å². The third-order valence-electron chi connectivity index (χ3n) is 3.28. The quantitative estimate of drug-likeness (QED) is 0.410. The van der Waals surface area contributed by atoms with Crippen LogP contribution in [-0.2, 0) is 0 Å². The zero-order valence-electron chi connectivity index (χ0n) is 13.1. The molecular weight excluding hydrogens is 267 g/mol. The van der Waals surface area contributed by atoms with Gasteiger partial charge in [0.25, 0.3) is 0 Å². The first kappa shape index (κ1) is 19.2. The van der Waals surface area contributed by atoms with Gasteiger partial charge in [0.2, 0.25) is 0 Å². The van der Waals surface area contributed by atoms with Gasteiger partial charge in [0.1, 0.15) is 6.04 Å². The molecule has 0 fully saturated rings. The Morgan fingerprint density at radius 3 is 2.20 bits per heavy atom. The van der Waals surface area contributed by atoms with E-state index in [4.69, 9.17) is 0 Å². The topological polar surface area (TPSA) is 36.4 Å². The molecule has 0 amide bonds. The minimum Gasteiger partial charge on any atom is -0.374 e. The molecule has 20 heavy (non-hydrogen) atoms. The van der Waals surface area contributed by atoms with E-state index in [1.165, 1.54) is 0 Å². The highest BCUT2D eigenvalue weighted by atomic mass is 19.4. The first-order valence-electron chi connectivity index (χ1n) is 7.24. The molecule has 0 heterocycles. The molecule has 120 valence electrons. The monoisotopic (exact) mass is 295 g/mol. The van der Waals surface area contributed by atoms with Crippen molar-refractivity contribution in [2.24, 2.45) is 16.8 Å². The van der Waals surface area contributed by atoms with Crippen molar-refractivity contribution in [3.05, 3.63) is 0 Å². The maximum atomic E-state index is 12.9. The third kappa shape index (κ3) is 7.12. The van der Waals surface area contributed by atoms with E-state index in [0.717, 1.165) is 5.84 Å². The minimum atomic E-state index is -4.18. The fraction of sp³-hybridized carbons (Fsp3) is 0.929. The smallest absolute Gasteiger partial charge is 0.374 e. The van der Waals surface area contributed by atoms with Crippen molar-refractivity contribution < 1.29 is 13.2 Å². The highest BCUT2D eigenvalue weighted by molar-refractivity contribution is 5.83. The van der Waals surface area contributed by atoms with Gasteiger partial charge in [-0.3, -0.25) is 4.99 Å². The Morgan fingerprint density at radius 1 is 1.20 bits per heavy atom. The molecule has 0 bridgehead atoms. The van der Waals surface area contributed by atoms with Gasteiger partial charge in [-0.2, -0.15) is 13.2 Å². The molecule has 0 rings (SSSR count). The normalized spacial score (nSPS) is 16.4. The molecule has 0 radical (unpaired) electrons. The first-order valence-corrected chi connectivity index (χ1v) is 7.24. The molecule has 0 saturated heterocycles. The summed E-state index contributed by atoms with van der Waals surface area (Å²) in [5.74, 6) is 0.775. The van der Waals surface area contributed by atoms with E-state index in [2.05, 4.69) is 15.6 Å². The second kappa shape index (κ2) is 9.21. The van der Waals surface area contributed by atoms with E-state index >= 15 is 0 Å². The van der Waals surface area contributed by atoms with Gasteiger partial charge in [0, 0.05) is 19.5 Å². The lowest BCUT2D eigenvalue weighted by Gasteiger charge is -2.27. The maximum absolute atomic E-state index is 12.9. The highest BCUT2D eigenvalue weighted by Gasteiger charge is 2.41. The SMILES string of the molecule is CCNC(C(C)CCCN/C(=N/C)C(C)C)C(F)(F)F. The van der Waals surface area contributed by atoms with E-state index < -0.39 is 18.1 Å². The van der Waals surface area contributed by atoms with E-state index in [9.17, 15) is 13.2 Å². The molecule has 6 heteroatoms. The lowest BCUT2D eigenvalue weighted by Crippen LogP contribution is -2.46. The summed E-state index contributed by atoms with van der Waals surface area (Å²) in [5, 5.41) is 5.71. The van der Waals surface area contributed by atoms with Crippen molar-refractivity contribution in [2.45, 2.75) is 52.8 Å². The lowest BCUT2D eigenvalue weighted by atomic mass is 9.96. The number of aliphatic imine (C=N–C) groups is 1. The van der Waals surface area contributed by atoms with Gasteiger partial charge >= 0.3 is 6.18 Å². The Kier molecular flexibility index (Phi) is 8.85. The maximum Gasteiger partial charge on any atom is 0.404 e. The van der Waals surface area contributed by atoms with Crippen LogP contribution >= 0.6 is 0 Å². The fourth-order valence-electron chi connectivity index (χ4n) is 2.21. The van der Waals surface area contributed by atoms with Gasteiger partial charge in [0.05, 0.1) is 5.84 Å². The van der Waals surface area contributed by atoms with Crippen LogP contribution < -0.4 is 10.6 Å². The van der Waals surface area contributed by atoms with Crippen molar-refractivity contribution >= 4 is 5.84 Å². The Hall–Kier alpha value is -0.780. The molecule has 0 aromatic heterocycles. The zero-order chi connectivity index (χ0) is 15.8. The van der Waals surface area contributed by atoms with Crippen molar-refractivity contribution in [1.82, 2.24) is 10.6 Å². The van der Waals surface area contributed by atoms with Crippen LogP contribution in [0.1, 0.15) is 40.5 Å². The van der Waals surface area contributed by atoms with Crippen LogP contribution in [0.5, 0.6) is 0 Å². The molecule has 0 saturated carbocycles. The second-order valence-corrected chi connectivity index (χ2v) is 5.39. The zero-order valence-corrected chi connectivity index (χ0v) is 13.1. The Morgan fingerprint density at radius 2 is 1.80 bits per heavy atom. The molecule has 2 unspecified atom stereocenters. The molecule has 2 N–H and O–H groups in total. The number of halogens is 3. The van der Waals surface area contributed by atoms with Crippen LogP contribution in [0, 0.1) is 11.8 Å². The van der Waals surface area contributed by atoms with Crippen LogP contribution in [-0.4, -0.2) is 38.2 Å². The van der Waals surface area contributed by atoms with Crippen molar-refractivity contribution in [3.63, 3.8) is 0 Å². The number of nitrogens with zero attached hydrogens (tertiary/aromatic N) is 1. The predicted octanol–water partition coefficient (Wildman–Crippen LogP) is 3.22. The summed E-state index contributed by atoms with van der Waals surface area (Å²) < 4.78 is 38.6. The summed E-state index contributed by atoms with van der Waals surface area (Å²) >= 11 is 0. The summed E-state index contributed by atoms with van der Waals surface area (Å²) in [6.07, 6.45) is -2.96. The van der Waals surface area contributed by atoms with E-state index in [0.29, 0.717) is 31.8 Å². The van der Waals surface area contributed by atoms with E-state index in [1.54, 1.807) is 20.9 Å². The van der Waals surface area contributed by atoms with Crippen molar-refractivity contribution in [2.75, 3.05) is 20.1 Å². The number of amidine groups is 1. The minimum absolute atomic E-state index is 0.308. The molecule has 2 atom stereocenters. The predicted molar refractivity (Wildman–Crippen MR) is 78.1 cm³/mol. The van der Waals surface area contributed by atoms with Crippen LogP contribution in [0.2, 0.25) is 0 Å². The number of alkyl halides is 3. The number of nitrogens with one attached hydrogen (secondary N) is 2. The molecule has 3 nitrogen and oxygen atoms in total. The van der Waals surface area contributed by atoms with Crippen LogP contribution in [0.3, 0.4) is 0 Å². The van der Waals surface area contributed by atoms with Crippen molar-refractivity contribution in [3.8, 4) is 0 Å². The Bertz CT molecular complexity index is 288. The summed E-state index contributed by atoms with van der Waals surface area (Å²) in [5.41, 5.74) is 0. The Labute approximate surface area is 120 Å².